The van der Waals surface area contributed by atoms with Gasteiger partial charge in [-0.2, -0.15) is 0 Å². The number of nitrogens with one attached hydrogen (secondary N) is 2. The zero-order valence-corrected chi connectivity index (χ0v) is 12.2. The van der Waals surface area contributed by atoms with Crippen LogP contribution in [-0.4, -0.2) is 5.11 Å². The van der Waals surface area contributed by atoms with E-state index in [0.717, 1.165) is 16.3 Å². The lowest BCUT2D eigenvalue weighted by molar-refractivity contribution is 0.926. The minimum absolute atomic E-state index is 0.587. The lowest BCUT2D eigenvalue weighted by atomic mass is 10.2. The molecule has 0 spiro atoms. The first-order chi connectivity index (χ1) is 9.15. The lowest BCUT2D eigenvalue weighted by Gasteiger charge is -2.11. The molecule has 0 radical (unpaired) electrons. The molecular weight excluding hydrogens is 276 g/mol. The van der Waals surface area contributed by atoms with E-state index in [2.05, 4.69) is 17.6 Å². The molecule has 0 saturated heterocycles. The van der Waals surface area contributed by atoms with Crippen molar-refractivity contribution >= 4 is 34.6 Å². The van der Waals surface area contributed by atoms with Crippen LogP contribution in [0.15, 0.2) is 48.5 Å². The van der Waals surface area contributed by atoms with E-state index in [1.807, 2.05) is 48.5 Å². The summed E-state index contributed by atoms with van der Waals surface area (Å²) in [5.74, 6) is 0. The standard InChI is InChI=1S/C15H15ClN2S/c1-11-6-8-13(9-7-11)18-15(19)17-10-12-4-2-3-5-14(12)16/h2-9H,10H2,1H3,(H2,17,18,19). The highest BCUT2D eigenvalue weighted by atomic mass is 35.5. The predicted molar refractivity (Wildman–Crippen MR) is 85.7 cm³/mol. The summed E-state index contributed by atoms with van der Waals surface area (Å²) in [7, 11) is 0. The number of anilines is 1. The van der Waals surface area contributed by atoms with E-state index in [0.29, 0.717) is 11.7 Å². The maximum absolute atomic E-state index is 6.08. The third-order valence-electron chi connectivity index (χ3n) is 2.71. The smallest absolute Gasteiger partial charge is 0.171 e. The van der Waals surface area contributed by atoms with E-state index in [9.17, 15) is 0 Å². The minimum Gasteiger partial charge on any atom is -0.358 e. The summed E-state index contributed by atoms with van der Waals surface area (Å²) in [5, 5.41) is 7.61. The van der Waals surface area contributed by atoms with Gasteiger partial charge in [0, 0.05) is 17.3 Å². The molecule has 2 aromatic rings. The molecule has 0 heterocycles. The van der Waals surface area contributed by atoms with Crippen molar-refractivity contribution in [2.75, 3.05) is 5.32 Å². The molecule has 0 saturated carbocycles. The van der Waals surface area contributed by atoms with Crippen LogP contribution in [0, 0.1) is 6.92 Å². The fourth-order valence-corrected chi connectivity index (χ4v) is 2.02. The molecule has 0 bridgehead atoms. The van der Waals surface area contributed by atoms with Crippen molar-refractivity contribution in [3.63, 3.8) is 0 Å². The van der Waals surface area contributed by atoms with Gasteiger partial charge in [0.1, 0.15) is 0 Å². The fraction of sp³-hybridized carbons (Fsp3) is 0.133. The van der Waals surface area contributed by atoms with Gasteiger partial charge in [-0.1, -0.05) is 47.5 Å². The summed E-state index contributed by atoms with van der Waals surface area (Å²) in [6, 6.07) is 15.8. The first-order valence-corrected chi connectivity index (χ1v) is 6.79. The summed E-state index contributed by atoms with van der Waals surface area (Å²) in [6.07, 6.45) is 0. The van der Waals surface area contributed by atoms with Crippen molar-refractivity contribution in [1.82, 2.24) is 5.32 Å². The van der Waals surface area contributed by atoms with Gasteiger partial charge in [0.15, 0.2) is 5.11 Å². The number of halogens is 1. The van der Waals surface area contributed by atoms with Crippen molar-refractivity contribution in [2.24, 2.45) is 0 Å². The maximum atomic E-state index is 6.08. The fourth-order valence-electron chi connectivity index (χ4n) is 1.63. The molecule has 0 aliphatic heterocycles. The molecule has 2 aromatic carbocycles. The second kappa shape index (κ2) is 6.55. The van der Waals surface area contributed by atoms with Crippen LogP contribution in [0.3, 0.4) is 0 Å². The summed E-state index contributed by atoms with van der Waals surface area (Å²) in [5.41, 5.74) is 3.22. The van der Waals surface area contributed by atoms with E-state index < -0.39 is 0 Å². The van der Waals surface area contributed by atoms with Crippen LogP contribution in [0.1, 0.15) is 11.1 Å². The molecule has 0 aliphatic carbocycles. The van der Waals surface area contributed by atoms with Gasteiger partial charge in [0.2, 0.25) is 0 Å². The minimum atomic E-state index is 0.587. The molecule has 0 fully saturated rings. The zero-order chi connectivity index (χ0) is 13.7. The first-order valence-electron chi connectivity index (χ1n) is 6.00. The highest BCUT2D eigenvalue weighted by molar-refractivity contribution is 7.80. The summed E-state index contributed by atoms with van der Waals surface area (Å²) >= 11 is 11.3. The average molecular weight is 291 g/mol. The highest BCUT2D eigenvalue weighted by Crippen LogP contribution is 2.14. The third-order valence-corrected chi connectivity index (χ3v) is 3.32. The van der Waals surface area contributed by atoms with Gasteiger partial charge < -0.3 is 10.6 Å². The third kappa shape index (κ3) is 4.23. The van der Waals surface area contributed by atoms with Gasteiger partial charge >= 0.3 is 0 Å². The Labute approximate surface area is 123 Å². The van der Waals surface area contributed by atoms with E-state index in [4.69, 9.17) is 23.8 Å². The number of hydrogen-bond acceptors (Lipinski definition) is 1. The number of rotatable bonds is 3. The highest BCUT2D eigenvalue weighted by Gasteiger charge is 2.01. The van der Waals surface area contributed by atoms with Gasteiger partial charge in [-0.15, -0.1) is 0 Å². The first kappa shape index (κ1) is 13.8. The molecule has 0 amide bonds. The Morgan fingerprint density at radius 2 is 1.79 bits per heavy atom. The van der Waals surface area contributed by atoms with Crippen molar-refractivity contribution in [3.05, 3.63) is 64.7 Å². The zero-order valence-electron chi connectivity index (χ0n) is 10.6. The molecule has 2 rings (SSSR count). The normalized spacial score (nSPS) is 10.0. The van der Waals surface area contributed by atoms with Gasteiger partial charge in [-0.25, -0.2) is 0 Å². The Hall–Kier alpha value is -1.58. The molecule has 19 heavy (non-hydrogen) atoms. The number of benzene rings is 2. The Morgan fingerprint density at radius 1 is 1.11 bits per heavy atom. The van der Waals surface area contributed by atoms with Crippen LogP contribution in [0.5, 0.6) is 0 Å². The topological polar surface area (TPSA) is 24.1 Å². The number of hydrogen-bond donors (Lipinski definition) is 2. The second-order valence-electron chi connectivity index (χ2n) is 4.27. The summed E-state index contributed by atoms with van der Waals surface area (Å²) < 4.78 is 0. The molecular formula is C15H15ClN2S. The quantitative estimate of drug-likeness (QED) is 0.831. The Morgan fingerprint density at radius 3 is 2.47 bits per heavy atom. The van der Waals surface area contributed by atoms with E-state index in [-0.39, 0.29) is 0 Å². The van der Waals surface area contributed by atoms with Gasteiger partial charge in [0.25, 0.3) is 0 Å². The Balaban J connectivity index is 1.88. The van der Waals surface area contributed by atoms with Crippen molar-refractivity contribution in [1.29, 1.82) is 0 Å². The van der Waals surface area contributed by atoms with Crippen LogP contribution in [0.4, 0.5) is 5.69 Å². The lowest BCUT2D eigenvalue weighted by Crippen LogP contribution is -2.27. The van der Waals surface area contributed by atoms with Crippen LogP contribution in [-0.2, 0) is 6.54 Å². The monoisotopic (exact) mass is 290 g/mol. The number of thiocarbonyl (C=S) groups is 1. The van der Waals surface area contributed by atoms with Crippen molar-refractivity contribution < 1.29 is 0 Å². The van der Waals surface area contributed by atoms with Gasteiger partial charge in [0.05, 0.1) is 0 Å². The Bertz CT molecular complexity index is 567. The van der Waals surface area contributed by atoms with Gasteiger partial charge in [-0.05, 0) is 42.9 Å². The van der Waals surface area contributed by atoms with Crippen molar-refractivity contribution in [3.8, 4) is 0 Å². The SMILES string of the molecule is Cc1ccc(NC(=S)NCc2ccccc2Cl)cc1. The second-order valence-corrected chi connectivity index (χ2v) is 5.08. The van der Waals surface area contributed by atoms with Crippen LogP contribution < -0.4 is 10.6 Å². The molecule has 98 valence electrons. The molecule has 4 heteroatoms. The van der Waals surface area contributed by atoms with E-state index in [1.165, 1.54) is 5.56 Å². The predicted octanol–water partition coefficient (Wildman–Crippen LogP) is 4.14. The van der Waals surface area contributed by atoms with E-state index >= 15 is 0 Å². The summed E-state index contributed by atoms with van der Waals surface area (Å²) in [4.78, 5) is 0. The molecule has 2 N–H and O–H groups in total. The molecule has 0 aliphatic rings. The largest absolute Gasteiger partial charge is 0.358 e. The van der Waals surface area contributed by atoms with Crippen molar-refractivity contribution in [2.45, 2.75) is 13.5 Å². The molecule has 0 unspecified atom stereocenters. The molecule has 0 aromatic heterocycles. The van der Waals surface area contributed by atoms with Crippen LogP contribution in [0.2, 0.25) is 5.02 Å². The average Bonchev–Trinajstić information content (AvgIpc) is 2.40. The summed E-state index contributed by atoms with van der Waals surface area (Å²) in [6.45, 7) is 2.66. The van der Waals surface area contributed by atoms with Crippen LogP contribution in [0.25, 0.3) is 0 Å². The van der Waals surface area contributed by atoms with Crippen LogP contribution >= 0.6 is 23.8 Å². The van der Waals surface area contributed by atoms with Gasteiger partial charge in [-0.3, -0.25) is 0 Å². The Kier molecular flexibility index (Phi) is 4.77. The molecule has 0 atom stereocenters. The number of aryl methyl sites for hydroxylation is 1. The molecule has 2 nitrogen and oxygen atoms in total. The maximum Gasteiger partial charge on any atom is 0.171 e. The van der Waals surface area contributed by atoms with E-state index in [1.54, 1.807) is 0 Å².